The molecular formula is C24H38N4O6S. The summed E-state index contributed by atoms with van der Waals surface area (Å²) in [5, 5.41) is 6.78. The van der Waals surface area contributed by atoms with E-state index >= 15 is 0 Å². The van der Waals surface area contributed by atoms with Gasteiger partial charge in [0.15, 0.2) is 0 Å². The van der Waals surface area contributed by atoms with Crippen molar-refractivity contribution < 1.29 is 27.6 Å². The molecule has 3 N–H and O–H groups in total. The normalized spacial score (nSPS) is 17.4. The van der Waals surface area contributed by atoms with Crippen LogP contribution in [0, 0.1) is 11.8 Å². The third kappa shape index (κ3) is 7.49. The number of esters is 1. The maximum Gasteiger partial charge on any atom is 0.339 e. The SMILES string of the molecule is CC(C)CN.COC(=O)c1ccccc1S(=O)(=O)N1CCC2(CC1)CC(C(=O)NCC(C)C)=NO2. The molecular weight excluding hydrogens is 472 g/mol. The van der Waals surface area contributed by atoms with E-state index in [4.69, 9.17) is 15.3 Å². The van der Waals surface area contributed by atoms with E-state index in [9.17, 15) is 18.0 Å². The number of amides is 1. The number of sulfonamides is 1. The summed E-state index contributed by atoms with van der Waals surface area (Å²) >= 11 is 0. The fourth-order valence-corrected chi connectivity index (χ4v) is 5.17. The number of oxime groups is 1. The third-order valence-corrected chi connectivity index (χ3v) is 7.74. The van der Waals surface area contributed by atoms with Crippen molar-refractivity contribution in [2.24, 2.45) is 22.7 Å². The van der Waals surface area contributed by atoms with Gasteiger partial charge >= 0.3 is 5.97 Å². The molecule has 1 spiro atoms. The second-order valence-corrected chi connectivity index (χ2v) is 11.5. The Morgan fingerprint density at radius 2 is 1.77 bits per heavy atom. The van der Waals surface area contributed by atoms with Crippen LogP contribution in [0.15, 0.2) is 34.3 Å². The first-order chi connectivity index (χ1) is 16.5. The monoisotopic (exact) mass is 510 g/mol. The van der Waals surface area contributed by atoms with Crippen LogP contribution in [-0.2, 0) is 24.4 Å². The fraction of sp³-hybridized carbons (Fsp3) is 0.625. The van der Waals surface area contributed by atoms with Gasteiger partial charge in [0.1, 0.15) is 11.3 Å². The van der Waals surface area contributed by atoms with Crippen molar-refractivity contribution in [1.29, 1.82) is 0 Å². The van der Waals surface area contributed by atoms with Gasteiger partial charge in [0.2, 0.25) is 10.0 Å². The van der Waals surface area contributed by atoms with Crippen LogP contribution >= 0.6 is 0 Å². The van der Waals surface area contributed by atoms with E-state index in [0.717, 1.165) is 6.54 Å². The van der Waals surface area contributed by atoms with Crippen LogP contribution in [0.4, 0.5) is 0 Å². The van der Waals surface area contributed by atoms with E-state index in [1.807, 2.05) is 13.8 Å². The molecule has 196 valence electrons. The molecule has 0 saturated carbocycles. The highest BCUT2D eigenvalue weighted by molar-refractivity contribution is 7.89. The number of methoxy groups -OCH3 is 1. The van der Waals surface area contributed by atoms with Crippen molar-refractivity contribution in [3.8, 4) is 0 Å². The molecule has 1 fully saturated rings. The first kappa shape index (κ1) is 28.7. The van der Waals surface area contributed by atoms with Crippen LogP contribution in [-0.4, -0.2) is 69.2 Å². The Hall–Kier alpha value is -2.50. The number of nitrogens with zero attached hydrogens (tertiary/aromatic N) is 2. The van der Waals surface area contributed by atoms with Gasteiger partial charge in [-0.15, -0.1) is 0 Å². The van der Waals surface area contributed by atoms with Crippen LogP contribution in [0.3, 0.4) is 0 Å². The first-order valence-corrected chi connectivity index (χ1v) is 13.3. The summed E-state index contributed by atoms with van der Waals surface area (Å²) in [6.07, 6.45) is 1.15. The van der Waals surface area contributed by atoms with Gasteiger partial charge in [-0.2, -0.15) is 4.31 Å². The second kappa shape index (κ2) is 12.5. The Kier molecular flexibility index (Phi) is 10.2. The highest BCUT2D eigenvalue weighted by Crippen LogP contribution is 2.36. The summed E-state index contributed by atoms with van der Waals surface area (Å²) in [5.41, 5.74) is 4.84. The number of ether oxygens (including phenoxy) is 1. The zero-order valence-electron chi connectivity index (χ0n) is 21.2. The summed E-state index contributed by atoms with van der Waals surface area (Å²) in [6, 6.07) is 5.99. The van der Waals surface area contributed by atoms with Gasteiger partial charge in [-0.05, 0) is 30.5 Å². The van der Waals surface area contributed by atoms with Gasteiger partial charge < -0.3 is 20.6 Å². The van der Waals surface area contributed by atoms with Crippen LogP contribution in [0.25, 0.3) is 0 Å². The molecule has 0 aliphatic carbocycles. The smallest absolute Gasteiger partial charge is 0.339 e. The highest BCUT2D eigenvalue weighted by atomic mass is 32.2. The Morgan fingerprint density at radius 3 is 2.31 bits per heavy atom. The zero-order valence-corrected chi connectivity index (χ0v) is 22.1. The zero-order chi connectivity index (χ0) is 26.2. The first-order valence-electron chi connectivity index (χ1n) is 11.9. The number of hydrogen-bond donors (Lipinski definition) is 2. The third-order valence-electron chi connectivity index (χ3n) is 5.79. The molecule has 2 aliphatic rings. The topological polar surface area (TPSA) is 140 Å². The van der Waals surface area contributed by atoms with Crippen LogP contribution in [0.5, 0.6) is 0 Å². The van der Waals surface area contributed by atoms with E-state index in [0.29, 0.717) is 43.4 Å². The van der Waals surface area contributed by atoms with Crippen molar-refractivity contribution in [1.82, 2.24) is 9.62 Å². The van der Waals surface area contributed by atoms with Gasteiger partial charge in [0, 0.05) is 38.9 Å². The minimum absolute atomic E-state index is 0.00449. The highest BCUT2D eigenvalue weighted by Gasteiger charge is 2.46. The van der Waals surface area contributed by atoms with Crippen molar-refractivity contribution in [3.05, 3.63) is 29.8 Å². The van der Waals surface area contributed by atoms with Gasteiger partial charge in [-0.3, -0.25) is 4.79 Å². The van der Waals surface area contributed by atoms with Gasteiger partial charge in [0.05, 0.1) is 17.6 Å². The number of hydrogen-bond acceptors (Lipinski definition) is 8. The lowest BCUT2D eigenvalue weighted by atomic mass is 9.87. The molecule has 0 radical (unpaired) electrons. The quantitative estimate of drug-likeness (QED) is 0.536. The van der Waals surface area contributed by atoms with E-state index in [2.05, 4.69) is 24.3 Å². The number of carbonyl (C=O) groups excluding carboxylic acids is 2. The molecule has 10 nitrogen and oxygen atoms in total. The van der Waals surface area contributed by atoms with E-state index in [1.165, 1.54) is 23.5 Å². The van der Waals surface area contributed by atoms with Gasteiger partial charge in [-0.25, -0.2) is 13.2 Å². The predicted octanol–water partition coefficient (Wildman–Crippen LogP) is 2.15. The Morgan fingerprint density at radius 1 is 1.17 bits per heavy atom. The molecule has 1 aromatic rings. The molecule has 0 aromatic heterocycles. The Balaban J connectivity index is 0.000000784. The number of nitrogens with two attached hydrogens (primary N) is 1. The average Bonchev–Trinajstić information content (AvgIpc) is 3.26. The molecule has 1 saturated heterocycles. The molecule has 11 heteroatoms. The van der Waals surface area contributed by atoms with E-state index < -0.39 is 21.6 Å². The number of nitrogens with one attached hydrogen (secondary N) is 1. The fourth-order valence-electron chi connectivity index (χ4n) is 3.55. The average molecular weight is 511 g/mol. The Bertz CT molecular complexity index is 1010. The number of piperidine rings is 1. The number of benzene rings is 1. The Labute approximate surface area is 208 Å². The standard InChI is InChI=1S/C20H27N3O6S.C4H11N/c1-14(2)13-21-18(24)16-12-20(29-22-16)8-10-23(11-9-20)30(26,27)17-7-5-4-6-15(17)19(25)28-3;1-4(2)3-5/h4-7,14H,8-13H2,1-3H3,(H,21,24);4H,3,5H2,1-2H3. The van der Waals surface area contributed by atoms with Crippen molar-refractivity contribution in [2.45, 2.75) is 57.5 Å². The van der Waals surface area contributed by atoms with Gasteiger partial charge in [-0.1, -0.05) is 45.0 Å². The number of carbonyl (C=O) groups is 2. The summed E-state index contributed by atoms with van der Waals surface area (Å²) < 4.78 is 32.3. The second-order valence-electron chi connectivity index (χ2n) is 9.61. The molecule has 0 unspecified atom stereocenters. The molecule has 0 bridgehead atoms. The van der Waals surface area contributed by atoms with E-state index in [-0.39, 0.29) is 29.5 Å². The summed E-state index contributed by atoms with van der Waals surface area (Å²) in [4.78, 5) is 29.7. The summed E-state index contributed by atoms with van der Waals surface area (Å²) in [6.45, 7) is 9.96. The molecule has 35 heavy (non-hydrogen) atoms. The largest absolute Gasteiger partial charge is 0.465 e. The van der Waals surface area contributed by atoms with Crippen molar-refractivity contribution in [3.63, 3.8) is 0 Å². The van der Waals surface area contributed by atoms with Crippen molar-refractivity contribution >= 4 is 27.6 Å². The minimum atomic E-state index is -3.88. The summed E-state index contributed by atoms with van der Waals surface area (Å²) in [5.74, 6) is 0.0389. The lowest BCUT2D eigenvalue weighted by molar-refractivity contribution is -0.115. The molecule has 1 aromatic carbocycles. The predicted molar refractivity (Wildman–Crippen MR) is 133 cm³/mol. The van der Waals surface area contributed by atoms with Gasteiger partial charge in [0.25, 0.3) is 5.91 Å². The molecule has 2 heterocycles. The van der Waals surface area contributed by atoms with Crippen LogP contribution in [0.2, 0.25) is 0 Å². The molecule has 1 amide bonds. The summed E-state index contributed by atoms with van der Waals surface area (Å²) in [7, 11) is -2.67. The number of rotatable bonds is 7. The minimum Gasteiger partial charge on any atom is -0.465 e. The molecule has 3 rings (SSSR count). The lowest BCUT2D eigenvalue weighted by Gasteiger charge is -2.36. The maximum absolute atomic E-state index is 13.1. The molecule has 2 aliphatic heterocycles. The maximum atomic E-state index is 13.1. The van der Waals surface area contributed by atoms with Crippen molar-refractivity contribution in [2.75, 3.05) is 33.3 Å². The van der Waals surface area contributed by atoms with E-state index in [1.54, 1.807) is 12.1 Å². The van der Waals surface area contributed by atoms with Crippen LogP contribution < -0.4 is 11.1 Å². The van der Waals surface area contributed by atoms with Crippen LogP contribution in [0.1, 0.15) is 57.3 Å². The molecule has 0 atom stereocenters. The lowest BCUT2D eigenvalue weighted by Crippen LogP contribution is -2.47.